The first-order valence-electron chi connectivity index (χ1n) is 9.49. The Bertz CT molecular complexity index is 1260. The number of sulfonamides is 1. The third-order valence-electron chi connectivity index (χ3n) is 4.66. The highest BCUT2D eigenvalue weighted by atomic mass is 35.5. The lowest BCUT2D eigenvalue weighted by Crippen LogP contribution is -2.40. The Morgan fingerprint density at radius 2 is 1.74 bits per heavy atom. The quantitative estimate of drug-likeness (QED) is 0.592. The average molecular weight is 457 g/mol. The van der Waals surface area contributed by atoms with E-state index in [1.807, 2.05) is 43.3 Å². The molecule has 0 fully saturated rings. The summed E-state index contributed by atoms with van der Waals surface area (Å²) in [5.74, 6) is 0.880. The lowest BCUT2D eigenvalue weighted by molar-refractivity contribution is 0.483. The number of fused-ring (bicyclic) bond motifs is 1. The number of nitrogens with one attached hydrogen (secondary N) is 2. The Labute approximate surface area is 186 Å². The number of ether oxygens (including phenoxy) is 1. The monoisotopic (exact) mass is 456 g/mol. The van der Waals surface area contributed by atoms with E-state index >= 15 is 0 Å². The minimum atomic E-state index is -3.81. The van der Waals surface area contributed by atoms with Gasteiger partial charge in [0.1, 0.15) is 16.3 Å². The largest absolute Gasteiger partial charge is 0.454 e. The summed E-state index contributed by atoms with van der Waals surface area (Å²) in [7, 11) is 0.109. The summed E-state index contributed by atoms with van der Waals surface area (Å²) in [6, 6.07) is 19.7. The Kier molecular flexibility index (Phi) is 5.75. The van der Waals surface area contributed by atoms with Crippen LogP contribution in [0.2, 0.25) is 5.02 Å². The molecule has 0 spiro atoms. The normalized spacial score (nSPS) is 15.5. The summed E-state index contributed by atoms with van der Waals surface area (Å²) in [6.07, 6.45) is 0. The number of anilines is 2. The first kappa shape index (κ1) is 21.0. The third-order valence-corrected chi connectivity index (χ3v) is 6.35. The van der Waals surface area contributed by atoms with Crippen molar-refractivity contribution in [1.29, 1.82) is 0 Å². The van der Waals surface area contributed by atoms with Crippen molar-refractivity contribution in [1.82, 2.24) is 4.72 Å². The van der Waals surface area contributed by atoms with Gasteiger partial charge in [-0.15, -0.1) is 0 Å². The van der Waals surface area contributed by atoms with Gasteiger partial charge in [0.05, 0.1) is 11.6 Å². The van der Waals surface area contributed by atoms with Crippen LogP contribution in [0, 0.1) is 0 Å². The van der Waals surface area contributed by atoms with E-state index in [0.29, 0.717) is 28.8 Å². The van der Waals surface area contributed by atoms with Gasteiger partial charge in [-0.05, 0) is 42.0 Å². The molecule has 0 unspecified atom stereocenters. The molecule has 1 aliphatic rings. The molecule has 0 amide bonds. The van der Waals surface area contributed by atoms with E-state index in [4.69, 9.17) is 16.3 Å². The van der Waals surface area contributed by atoms with E-state index in [1.165, 1.54) is 6.07 Å². The fourth-order valence-corrected chi connectivity index (χ4v) is 4.42. The summed E-state index contributed by atoms with van der Waals surface area (Å²) in [5, 5.41) is 3.47. The van der Waals surface area contributed by atoms with Crippen LogP contribution in [0.5, 0.6) is 11.5 Å². The predicted molar refractivity (Wildman–Crippen MR) is 124 cm³/mol. The van der Waals surface area contributed by atoms with Gasteiger partial charge in [-0.25, -0.2) is 18.1 Å². The lowest BCUT2D eigenvalue weighted by atomic mass is 10.2. The molecular formula is C22H21ClN4O3S. The van der Waals surface area contributed by atoms with Crippen molar-refractivity contribution in [2.24, 2.45) is 4.99 Å². The van der Waals surface area contributed by atoms with Crippen molar-refractivity contribution in [3.63, 3.8) is 0 Å². The number of guanidine groups is 1. The number of benzene rings is 3. The molecule has 160 valence electrons. The van der Waals surface area contributed by atoms with Crippen molar-refractivity contribution < 1.29 is 13.2 Å². The fourth-order valence-electron chi connectivity index (χ4n) is 3.09. The van der Waals surface area contributed by atoms with Gasteiger partial charge in [0, 0.05) is 19.8 Å². The van der Waals surface area contributed by atoms with Crippen molar-refractivity contribution in [2.75, 3.05) is 24.3 Å². The zero-order chi connectivity index (χ0) is 22.0. The van der Waals surface area contributed by atoms with Crippen molar-refractivity contribution in [2.45, 2.75) is 11.4 Å². The number of aliphatic imine (C=N–C) groups is 1. The molecule has 9 heteroatoms. The van der Waals surface area contributed by atoms with E-state index in [-0.39, 0.29) is 10.9 Å². The molecule has 0 atom stereocenters. The van der Waals surface area contributed by atoms with Crippen LogP contribution >= 0.6 is 11.6 Å². The summed E-state index contributed by atoms with van der Waals surface area (Å²) in [6.45, 7) is 0.301. The number of rotatable bonds is 5. The summed E-state index contributed by atoms with van der Waals surface area (Å²) < 4.78 is 34.0. The molecular weight excluding hydrogens is 436 g/mol. The Morgan fingerprint density at radius 1 is 1.00 bits per heavy atom. The van der Waals surface area contributed by atoms with Gasteiger partial charge in [-0.2, -0.15) is 0 Å². The molecule has 3 aromatic carbocycles. The smallest absolute Gasteiger partial charge is 0.266 e. The molecule has 0 aromatic heterocycles. The fraction of sp³-hybridized carbons (Fsp3) is 0.136. The summed E-state index contributed by atoms with van der Waals surface area (Å²) in [5.41, 5.74) is 2.30. The molecule has 0 radical (unpaired) electrons. The number of hydrogen-bond acceptors (Lipinski definition) is 5. The average Bonchev–Trinajstić information content (AvgIpc) is 2.74. The second kappa shape index (κ2) is 8.49. The lowest BCUT2D eigenvalue weighted by Gasteiger charge is -2.24. The highest BCUT2D eigenvalue weighted by Gasteiger charge is 2.29. The zero-order valence-corrected chi connectivity index (χ0v) is 18.5. The highest BCUT2D eigenvalue weighted by molar-refractivity contribution is 7.90. The molecule has 0 bridgehead atoms. The predicted octanol–water partition coefficient (Wildman–Crippen LogP) is 4.46. The molecule has 0 aliphatic carbocycles. The highest BCUT2D eigenvalue weighted by Crippen LogP contribution is 2.38. The standard InChI is InChI=1S/C22H21ClN4O3S/c1-27(2)16-8-5-7-15(13-16)14-24-22-25-21-19(30-18-10-4-3-9-17(18)23)11-6-12-20(21)31(28,29)26-22/h3-13H,14H2,1-2H3,(H2,24,25,26). The van der Waals surface area contributed by atoms with Gasteiger partial charge in [0.2, 0.25) is 5.96 Å². The minimum Gasteiger partial charge on any atom is -0.454 e. The molecule has 2 N–H and O–H groups in total. The van der Waals surface area contributed by atoms with Gasteiger partial charge in [-0.1, -0.05) is 41.9 Å². The molecule has 4 rings (SSSR count). The van der Waals surface area contributed by atoms with Crippen LogP contribution in [0.15, 0.2) is 76.6 Å². The Morgan fingerprint density at radius 3 is 2.52 bits per heavy atom. The molecule has 0 saturated carbocycles. The van der Waals surface area contributed by atoms with Crippen LogP contribution in [0.4, 0.5) is 11.4 Å². The van der Waals surface area contributed by atoms with Gasteiger partial charge in [0.15, 0.2) is 5.75 Å². The van der Waals surface area contributed by atoms with Crippen LogP contribution in [0.25, 0.3) is 0 Å². The van der Waals surface area contributed by atoms with E-state index in [2.05, 4.69) is 15.0 Å². The minimum absolute atomic E-state index is 0.0746. The first-order valence-corrected chi connectivity index (χ1v) is 11.4. The first-order chi connectivity index (χ1) is 14.8. The number of nitrogens with zero attached hydrogens (tertiary/aromatic N) is 2. The number of para-hydroxylation sites is 2. The molecule has 3 aromatic rings. The van der Waals surface area contributed by atoms with Gasteiger partial charge in [-0.3, -0.25) is 0 Å². The molecule has 31 heavy (non-hydrogen) atoms. The van der Waals surface area contributed by atoms with Gasteiger partial charge >= 0.3 is 0 Å². The van der Waals surface area contributed by atoms with E-state index in [1.54, 1.807) is 36.4 Å². The molecule has 7 nitrogen and oxygen atoms in total. The van der Waals surface area contributed by atoms with E-state index < -0.39 is 10.0 Å². The Hall–Kier alpha value is -3.23. The summed E-state index contributed by atoms with van der Waals surface area (Å²) >= 11 is 6.19. The van der Waals surface area contributed by atoms with Crippen molar-refractivity contribution in [3.8, 4) is 11.5 Å². The van der Waals surface area contributed by atoms with Crippen LogP contribution in [-0.4, -0.2) is 28.5 Å². The number of hydrogen-bond donors (Lipinski definition) is 2. The van der Waals surface area contributed by atoms with Gasteiger partial charge in [0.25, 0.3) is 10.0 Å². The zero-order valence-electron chi connectivity index (χ0n) is 17.0. The van der Waals surface area contributed by atoms with E-state index in [0.717, 1.165) is 11.3 Å². The molecule has 1 aliphatic heterocycles. The second-order valence-corrected chi connectivity index (χ2v) is 9.18. The third kappa shape index (κ3) is 4.60. The van der Waals surface area contributed by atoms with Crippen molar-refractivity contribution >= 4 is 39.0 Å². The maximum Gasteiger partial charge on any atom is 0.266 e. The number of halogens is 1. The summed E-state index contributed by atoms with van der Waals surface area (Å²) in [4.78, 5) is 6.50. The van der Waals surface area contributed by atoms with E-state index in [9.17, 15) is 8.42 Å². The maximum atomic E-state index is 12.8. The Balaban J connectivity index is 1.65. The maximum absolute atomic E-state index is 12.8. The SMILES string of the molecule is CN(C)c1cccc(CN=C2Nc3c(Oc4ccccc4Cl)cccc3S(=O)(=O)N2)c1. The topological polar surface area (TPSA) is 83.0 Å². The van der Waals surface area contributed by atoms with Crippen LogP contribution in [0.1, 0.15) is 5.56 Å². The van der Waals surface area contributed by atoms with Crippen molar-refractivity contribution in [3.05, 3.63) is 77.3 Å². The van der Waals surface area contributed by atoms with Crippen LogP contribution in [0.3, 0.4) is 0 Å². The van der Waals surface area contributed by atoms with Crippen LogP contribution in [-0.2, 0) is 16.6 Å². The van der Waals surface area contributed by atoms with Crippen LogP contribution < -0.4 is 19.7 Å². The molecule has 0 saturated heterocycles. The second-order valence-electron chi connectivity index (χ2n) is 7.12. The van der Waals surface area contributed by atoms with Gasteiger partial charge < -0.3 is 15.0 Å². The molecule has 1 heterocycles.